The van der Waals surface area contributed by atoms with Crippen LogP contribution in [-0.4, -0.2) is 9.13 Å². The van der Waals surface area contributed by atoms with Crippen molar-refractivity contribution in [2.75, 3.05) is 0 Å². The minimum Gasteiger partial charge on any atom is -0.308 e. The third-order valence-corrected chi connectivity index (χ3v) is 23.2. The highest BCUT2D eigenvalue weighted by molar-refractivity contribution is 7.27. The van der Waals surface area contributed by atoms with E-state index in [2.05, 4.69) is 288 Å². The topological polar surface area (TPSA) is 9.86 Å². The van der Waals surface area contributed by atoms with Gasteiger partial charge >= 0.3 is 0 Å². The molecule has 0 fully saturated rings. The molecule has 0 amide bonds. The summed E-state index contributed by atoms with van der Waals surface area (Å²) in [7, 11) is 0. The fourth-order valence-corrected chi connectivity index (χ4v) is 19.2. The highest BCUT2D eigenvalue weighted by Crippen LogP contribution is 2.49. The first-order valence-corrected chi connectivity index (χ1v) is 33.0. The van der Waals surface area contributed by atoms with Crippen LogP contribution < -0.4 is 0 Å². The van der Waals surface area contributed by atoms with Crippen LogP contribution in [0.25, 0.3) is 202 Å². The van der Waals surface area contributed by atoms with Crippen molar-refractivity contribution in [2.24, 2.45) is 0 Å². The number of hydrogen-bond acceptors (Lipinski definition) is 3. The predicted molar refractivity (Wildman–Crippen MR) is 390 cm³/mol. The number of rotatable bonds is 4. The van der Waals surface area contributed by atoms with E-state index in [9.17, 15) is 0 Å². The molecule has 5 aromatic heterocycles. The van der Waals surface area contributed by atoms with Crippen molar-refractivity contribution in [3.8, 4) is 33.6 Å². The van der Waals surface area contributed by atoms with Gasteiger partial charge in [0.25, 0.3) is 0 Å². The van der Waals surface area contributed by atoms with Crippen molar-refractivity contribution in [1.82, 2.24) is 9.13 Å². The van der Waals surface area contributed by atoms with E-state index >= 15 is 0 Å². The summed E-state index contributed by atoms with van der Waals surface area (Å²) in [5, 5.41) is 28.3. The fourth-order valence-electron chi connectivity index (χ4n) is 15.7. The fraction of sp³-hybridized carbons (Fsp3) is 0. The SMILES string of the molecule is c1ccc2c(c1)sc1c(-n3c4ccccc4c4cc(-c5ccc6c(c5)c5ccccc5c5cc7c(cc65)sc5cc6c8ccc(-c9ccc%10c(c9)c9ccccc9n%10-c9cccc%10c9sc9ccccc9%10)cc8c8ccccc8c6cc57)ccc43)cccc12. The molecule has 2 nitrogen and oxygen atoms in total. The average Bonchev–Trinajstić information content (AvgIpc) is 2.01. The van der Waals surface area contributed by atoms with Gasteiger partial charge in [-0.3, -0.25) is 0 Å². The molecule has 0 radical (unpaired) electrons. The first-order valence-electron chi connectivity index (χ1n) is 30.5. The van der Waals surface area contributed by atoms with Crippen LogP contribution in [-0.2, 0) is 0 Å². The van der Waals surface area contributed by atoms with Gasteiger partial charge in [0.15, 0.2) is 0 Å². The van der Waals surface area contributed by atoms with Crippen molar-refractivity contribution < 1.29 is 0 Å². The maximum absolute atomic E-state index is 2.50. The number of thiophene rings is 3. The Balaban J connectivity index is 0.698. The van der Waals surface area contributed by atoms with Gasteiger partial charge in [0, 0.05) is 72.7 Å². The van der Waals surface area contributed by atoms with Crippen LogP contribution >= 0.6 is 34.0 Å². The first-order chi connectivity index (χ1) is 44.1. The van der Waals surface area contributed by atoms with E-state index in [4.69, 9.17) is 0 Å². The number of hydrogen-bond donors (Lipinski definition) is 0. The molecule has 21 aromatic rings. The molecule has 0 saturated heterocycles. The molecule has 0 N–H and O–H groups in total. The van der Waals surface area contributed by atoms with Gasteiger partial charge in [0.2, 0.25) is 0 Å². The molecule has 410 valence electrons. The monoisotopic (exact) mass is 1180 g/mol. The summed E-state index contributed by atoms with van der Waals surface area (Å²) in [6.45, 7) is 0. The van der Waals surface area contributed by atoms with Gasteiger partial charge < -0.3 is 9.13 Å². The summed E-state index contributed by atoms with van der Waals surface area (Å²) in [6.07, 6.45) is 0. The lowest BCUT2D eigenvalue weighted by Crippen LogP contribution is -1.93. The number of benzene rings is 16. The second kappa shape index (κ2) is 18.0. The lowest BCUT2D eigenvalue weighted by atomic mass is 9.90. The van der Waals surface area contributed by atoms with Crippen LogP contribution in [0.15, 0.2) is 279 Å². The molecule has 0 atom stereocenters. The van der Waals surface area contributed by atoms with E-state index in [1.165, 1.54) is 202 Å². The Hall–Kier alpha value is -10.7. The van der Waals surface area contributed by atoms with E-state index in [1.54, 1.807) is 0 Å². The van der Waals surface area contributed by atoms with E-state index in [1.807, 2.05) is 34.0 Å². The molecule has 0 unspecified atom stereocenters. The number of fused-ring (bicyclic) bond motifs is 27. The van der Waals surface area contributed by atoms with Crippen LogP contribution in [0.1, 0.15) is 0 Å². The zero-order valence-electron chi connectivity index (χ0n) is 47.7. The van der Waals surface area contributed by atoms with E-state index in [-0.39, 0.29) is 0 Å². The van der Waals surface area contributed by atoms with Gasteiger partial charge in [-0.1, -0.05) is 182 Å². The maximum Gasteiger partial charge on any atom is 0.0640 e. The molecule has 0 aliphatic heterocycles. The van der Waals surface area contributed by atoms with Crippen LogP contribution in [0.4, 0.5) is 0 Å². The second-order valence-electron chi connectivity index (χ2n) is 24.2. The van der Waals surface area contributed by atoms with Crippen molar-refractivity contribution >= 4 is 203 Å². The van der Waals surface area contributed by atoms with Gasteiger partial charge in [-0.05, 0) is 184 Å². The standard InChI is InChI=1S/C84H46N2S3/c1-3-17-53-51(15-1)63-39-47(49-33-37-75-69(41-49)57-19-5-9-25-73(57)85(75)77-27-13-23-61-59-21-7-11-29-79(59)88-83(61)77)31-35-55(63)67-45-81-71(43-65(53)67)72-44-66-54-18-4-2-16-52(54)64-40-48(32-36-56(64)68(66)46-82(72)87-81)50-34-38-76-70(42-50)58-20-6-10-26-74(58)86(76)78-28-14-24-62-60-22-8-12-30-80(60)89-84(62)78/h1-46H. The Bertz CT molecular complexity index is 6340. The Morgan fingerprint density at radius 1 is 0.169 bits per heavy atom. The zero-order valence-corrected chi connectivity index (χ0v) is 50.1. The zero-order chi connectivity index (χ0) is 57.7. The van der Waals surface area contributed by atoms with Crippen molar-refractivity contribution in [3.05, 3.63) is 279 Å². The molecule has 0 saturated carbocycles. The number of aromatic nitrogens is 2. The van der Waals surface area contributed by atoms with Crippen molar-refractivity contribution in [1.29, 1.82) is 0 Å². The molecule has 0 spiro atoms. The smallest absolute Gasteiger partial charge is 0.0640 e. The third kappa shape index (κ3) is 6.73. The molecule has 5 heteroatoms. The third-order valence-electron chi connectivity index (χ3n) is 19.6. The largest absolute Gasteiger partial charge is 0.308 e. The second-order valence-corrected chi connectivity index (χ2v) is 27.4. The lowest BCUT2D eigenvalue weighted by molar-refractivity contribution is 1.20. The maximum atomic E-state index is 2.50. The summed E-state index contributed by atoms with van der Waals surface area (Å²) in [5.41, 5.74) is 12.2. The van der Waals surface area contributed by atoms with E-state index in [0.717, 1.165) is 0 Å². The van der Waals surface area contributed by atoms with Crippen LogP contribution in [0.3, 0.4) is 0 Å². The predicted octanol–water partition coefficient (Wildman–Crippen LogP) is 25.2. The highest BCUT2D eigenvalue weighted by Gasteiger charge is 2.22. The van der Waals surface area contributed by atoms with E-state index < -0.39 is 0 Å². The Kier molecular flexibility index (Phi) is 9.79. The summed E-state index contributed by atoms with van der Waals surface area (Å²) in [5.74, 6) is 0. The molecule has 0 aliphatic carbocycles. The molecule has 0 aliphatic rings. The first kappa shape index (κ1) is 48.5. The quantitative estimate of drug-likeness (QED) is 0.155. The molecule has 0 bridgehead atoms. The normalized spacial score (nSPS) is 12.5. The Morgan fingerprint density at radius 3 is 0.921 bits per heavy atom. The molecular formula is C84H46N2S3. The van der Waals surface area contributed by atoms with Gasteiger partial charge in [-0.15, -0.1) is 34.0 Å². The van der Waals surface area contributed by atoms with Crippen molar-refractivity contribution in [2.45, 2.75) is 0 Å². The Labute approximate surface area is 520 Å². The lowest BCUT2D eigenvalue weighted by Gasteiger charge is -2.13. The molecule has 5 heterocycles. The van der Waals surface area contributed by atoms with Gasteiger partial charge in [-0.2, -0.15) is 0 Å². The molecule has 21 rings (SSSR count). The van der Waals surface area contributed by atoms with Gasteiger partial charge in [0.05, 0.1) is 42.8 Å². The van der Waals surface area contributed by atoms with Gasteiger partial charge in [0.1, 0.15) is 0 Å². The van der Waals surface area contributed by atoms with Crippen molar-refractivity contribution in [3.63, 3.8) is 0 Å². The van der Waals surface area contributed by atoms with Crippen LogP contribution in [0, 0.1) is 0 Å². The highest BCUT2D eigenvalue weighted by atomic mass is 32.1. The molecule has 89 heavy (non-hydrogen) atoms. The minimum absolute atomic E-state index is 1.22. The minimum atomic E-state index is 1.22. The number of nitrogens with zero attached hydrogens (tertiary/aromatic N) is 2. The number of para-hydroxylation sites is 2. The average molecular weight is 1180 g/mol. The van der Waals surface area contributed by atoms with Crippen LogP contribution in [0.5, 0.6) is 0 Å². The van der Waals surface area contributed by atoms with Crippen LogP contribution in [0.2, 0.25) is 0 Å². The van der Waals surface area contributed by atoms with Gasteiger partial charge in [-0.25, -0.2) is 0 Å². The summed E-state index contributed by atoms with van der Waals surface area (Å²) < 4.78 is 12.9. The Morgan fingerprint density at radius 2 is 0.483 bits per heavy atom. The summed E-state index contributed by atoms with van der Waals surface area (Å²) in [4.78, 5) is 0. The van der Waals surface area contributed by atoms with E-state index in [0.29, 0.717) is 0 Å². The summed E-state index contributed by atoms with van der Waals surface area (Å²) >= 11 is 5.70. The molecule has 16 aromatic carbocycles. The summed E-state index contributed by atoms with van der Waals surface area (Å²) in [6, 6.07) is 106. The molecular weight excluding hydrogens is 1130 g/mol.